The van der Waals surface area contributed by atoms with Crippen molar-refractivity contribution < 1.29 is 4.74 Å². The van der Waals surface area contributed by atoms with Crippen molar-refractivity contribution in [3.63, 3.8) is 0 Å². The smallest absolute Gasteiger partial charge is 0.173 e. The molecule has 0 aliphatic carbocycles. The van der Waals surface area contributed by atoms with E-state index in [1.807, 2.05) is 60.8 Å². The zero-order valence-corrected chi connectivity index (χ0v) is 16.5. The van der Waals surface area contributed by atoms with E-state index in [0.29, 0.717) is 23.7 Å². The van der Waals surface area contributed by atoms with Gasteiger partial charge in [0.2, 0.25) is 0 Å². The van der Waals surface area contributed by atoms with Gasteiger partial charge in [-0.1, -0.05) is 56.3 Å². The van der Waals surface area contributed by atoms with Crippen LogP contribution in [0, 0.1) is 17.2 Å². The fourth-order valence-electron chi connectivity index (χ4n) is 3.35. The maximum absolute atomic E-state index is 9.29. The summed E-state index contributed by atoms with van der Waals surface area (Å²) in [4.78, 5) is 4.50. The van der Waals surface area contributed by atoms with E-state index in [2.05, 4.69) is 30.0 Å². The highest BCUT2D eigenvalue weighted by molar-refractivity contribution is 5.69. The van der Waals surface area contributed by atoms with Gasteiger partial charge in [-0.2, -0.15) is 10.4 Å². The molecule has 2 heterocycles. The quantitative estimate of drug-likeness (QED) is 0.468. The van der Waals surface area contributed by atoms with Crippen LogP contribution in [0.15, 0.2) is 67.0 Å². The van der Waals surface area contributed by atoms with Crippen LogP contribution in [0.25, 0.3) is 16.8 Å². The van der Waals surface area contributed by atoms with Gasteiger partial charge in [0.1, 0.15) is 24.0 Å². The molecule has 0 atom stereocenters. The molecular formula is C24H22N4O. The van der Waals surface area contributed by atoms with Gasteiger partial charge < -0.3 is 4.74 Å². The fraction of sp³-hybridized carbons (Fsp3) is 0.208. The molecule has 144 valence electrons. The molecule has 0 amide bonds. The van der Waals surface area contributed by atoms with Crippen molar-refractivity contribution in [2.75, 3.05) is 0 Å². The van der Waals surface area contributed by atoms with Crippen molar-refractivity contribution in [2.45, 2.75) is 26.9 Å². The number of benzene rings is 2. The van der Waals surface area contributed by atoms with Crippen molar-refractivity contribution in [1.29, 1.82) is 5.26 Å². The Morgan fingerprint density at radius 1 is 1.03 bits per heavy atom. The molecule has 0 spiro atoms. The summed E-state index contributed by atoms with van der Waals surface area (Å²) in [7, 11) is 0. The molecule has 0 radical (unpaired) electrons. The predicted octanol–water partition coefficient (Wildman–Crippen LogP) is 5.05. The average Bonchev–Trinajstić information content (AvgIpc) is 3.17. The number of hydrogen-bond acceptors (Lipinski definition) is 4. The van der Waals surface area contributed by atoms with Crippen LogP contribution in [0.4, 0.5) is 0 Å². The highest BCUT2D eigenvalue weighted by Crippen LogP contribution is 2.28. The van der Waals surface area contributed by atoms with Crippen LogP contribution in [0.5, 0.6) is 5.75 Å². The Labute approximate surface area is 170 Å². The van der Waals surface area contributed by atoms with Gasteiger partial charge in [-0.15, -0.1) is 0 Å². The van der Waals surface area contributed by atoms with Gasteiger partial charge in [0.15, 0.2) is 5.65 Å². The van der Waals surface area contributed by atoms with Gasteiger partial charge in [-0.3, -0.25) is 0 Å². The van der Waals surface area contributed by atoms with Crippen molar-refractivity contribution in [3.8, 4) is 22.9 Å². The SMILES string of the molecule is CC(C)Cc1c(-c2ccc(OCc3ccccc3)cc2)cnc2c(C#N)cnn12. The minimum absolute atomic E-state index is 0.447. The van der Waals surface area contributed by atoms with Crippen LogP contribution < -0.4 is 4.74 Å². The molecule has 2 aromatic carbocycles. The van der Waals surface area contributed by atoms with Gasteiger partial charge in [0.05, 0.1) is 11.9 Å². The van der Waals surface area contributed by atoms with Crippen molar-refractivity contribution in [1.82, 2.24) is 14.6 Å². The number of nitrogens with zero attached hydrogens (tertiary/aromatic N) is 4. The molecule has 4 rings (SSSR count). The van der Waals surface area contributed by atoms with Gasteiger partial charge in [-0.25, -0.2) is 9.50 Å². The molecule has 0 N–H and O–H groups in total. The summed E-state index contributed by atoms with van der Waals surface area (Å²) in [6, 6.07) is 20.3. The Bertz CT molecular complexity index is 1160. The normalized spacial score (nSPS) is 11.0. The zero-order valence-electron chi connectivity index (χ0n) is 16.5. The number of hydrogen-bond donors (Lipinski definition) is 0. The molecule has 0 fully saturated rings. The van der Waals surface area contributed by atoms with Crippen LogP contribution in [-0.4, -0.2) is 14.6 Å². The number of fused-ring (bicyclic) bond motifs is 1. The van der Waals surface area contributed by atoms with Gasteiger partial charge in [0.25, 0.3) is 0 Å². The lowest BCUT2D eigenvalue weighted by atomic mass is 9.99. The van der Waals surface area contributed by atoms with E-state index in [0.717, 1.165) is 34.6 Å². The molecule has 2 aromatic heterocycles. The average molecular weight is 382 g/mol. The molecule has 4 aromatic rings. The van der Waals surface area contributed by atoms with E-state index in [1.54, 1.807) is 10.7 Å². The maximum Gasteiger partial charge on any atom is 0.173 e. The van der Waals surface area contributed by atoms with E-state index in [4.69, 9.17) is 4.74 Å². The summed E-state index contributed by atoms with van der Waals surface area (Å²) in [5.41, 5.74) is 5.37. The summed E-state index contributed by atoms with van der Waals surface area (Å²) in [5, 5.41) is 13.7. The first-order valence-corrected chi connectivity index (χ1v) is 9.68. The third kappa shape index (κ3) is 3.97. The second-order valence-corrected chi connectivity index (χ2v) is 7.42. The van der Waals surface area contributed by atoms with Crippen LogP contribution in [0.2, 0.25) is 0 Å². The van der Waals surface area contributed by atoms with E-state index < -0.39 is 0 Å². The van der Waals surface area contributed by atoms with Gasteiger partial charge >= 0.3 is 0 Å². The Kier molecular flexibility index (Phi) is 5.26. The Morgan fingerprint density at radius 2 is 1.79 bits per heavy atom. The van der Waals surface area contributed by atoms with Crippen LogP contribution >= 0.6 is 0 Å². The minimum atomic E-state index is 0.447. The minimum Gasteiger partial charge on any atom is -0.489 e. The third-order valence-corrected chi connectivity index (χ3v) is 4.76. The molecule has 5 nitrogen and oxygen atoms in total. The van der Waals surface area contributed by atoms with E-state index >= 15 is 0 Å². The molecule has 0 saturated carbocycles. The first-order chi connectivity index (χ1) is 14.2. The Hall–Kier alpha value is -3.65. The second-order valence-electron chi connectivity index (χ2n) is 7.42. The van der Waals surface area contributed by atoms with E-state index in [9.17, 15) is 5.26 Å². The number of nitriles is 1. The topological polar surface area (TPSA) is 63.2 Å². The molecule has 0 bridgehead atoms. The first-order valence-electron chi connectivity index (χ1n) is 9.68. The highest BCUT2D eigenvalue weighted by atomic mass is 16.5. The monoisotopic (exact) mass is 382 g/mol. The fourth-order valence-corrected chi connectivity index (χ4v) is 3.35. The van der Waals surface area contributed by atoms with E-state index in [1.165, 1.54) is 0 Å². The standard InChI is InChI=1S/C24H22N4O/c1-17(2)12-23-22(15-26-24-20(13-25)14-27-28(23)24)19-8-10-21(11-9-19)29-16-18-6-4-3-5-7-18/h3-11,14-15,17H,12,16H2,1-2H3. The molecule has 0 saturated heterocycles. The molecule has 0 aliphatic rings. The van der Waals surface area contributed by atoms with Crippen LogP contribution in [0.3, 0.4) is 0 Å². The van der Waals surface area contributed by atoms with Crippen molar-refractivity contribution in [2.24, 2.45) is 5.92 Å². The van der Waals surface area contributed by atoms with Crippen molar-refractivity contribution >= 4 is 5.65 Å². The number of aromatic nitrogens is 3. The van der Waals surface area contributed by atoms with Crippen LogP contribution in [0.1, 0.15) is 30.7 Å². The largest absolute Gasteiger partial charge is 0.489 e. The van der Waals surface area contributed by atoms with Gasteiger partial charge in [-0.05, 0) is 35.6 Å². The predicted molar refractivity (Wildman–Crippen MR) is 112 cm³/mol. The van der Waals surface area contributed by atoms with E-state index in [-0.39, 0.29) is 0 Å². The third-order valence-electron chi connectivity index (χ3n) is 4.76. The summed E-state index contributed by atoms with van der Waals surface area (Å²) < 4.78 is 7.70. The summed E-state index contributed by atoms with van der Waals surface area (Å²) in [5.74, 6) is 1.27. The first kappa shape index (κ1) is 18.7. The summed E-state index contributed by atoms with van der Waals surface area (Å²) >= 11 is 0. The Morgan fingerprint density at radius 3 is 2.48 bits per heavy atom. The van der Waals surface area contributed by atoms with Crippen LogP contribution in [-0.2, 0) is 13.0 Å². The second kappa shape index (κ2) is 8.15. The Balaban J connectivity index is 1.64. The molecule has 29 heavy (non-hydrogen) atoms. The molecular weight excluding hydrogens is 360 g/mol. The zero-order chi connectivity index (χ0) is 20.2. The lowest BCUT2D eigenvalue weighted by Gasteiger charge is -2.14. The molecule has 0 aliphatic heterocycles. The molecule has 5 heteroatoms. The lowest BCUT2D eigenvalue weighted by Crippen LogP contribution is -2.07. The number of ether oxygens (including phenoxy) is 1. The highest BCUT2D eigenvalue weighted by Gasteiger charge is 2.16. The maximum atomic E-state index is 9.29. The molecule has 0 unspecified atom stereocenters. The number of rotatable bonds is 6. The summed E-state index contributed by atoms with van der Waals surface area (Å²) in [6.07, 6.45) is 4.26. The van der Waals surface area contributed by atoms with Crippen molar-refractivity contribution in [3.05, 3.63) is 83.8 Å². The summed E-state index contributed by atoms with van der Waals surface area (Å²) in [6.45, 7) is 4.88. The van der Waals surface area contributed by atoms with Gasteiger partial charge in [0, 0.05) is 11.8 Å². The lowest BCUT2D eigenvalue weighted by molar-refractivity contribution is 0.306.